The second kappa shape index (κ2) is 8.31. The summed E-state index contributed by atoms with van der Waals surface area (Å²) in [4.78, 5) is 21.1. The number of carbonyl (C=O) groups excluding carboxylic acids is 1. The summed E-state index contributed by atoms with van der Waals surface area (Å²) in [5.74, 6) is -0.0449. The standard InChI is InChI=1S/C20H19BrN2O2S2/c1-26-16-8-3-9-17-18(16)22-20(27-17)23(12-15-7-4-10-25-15)19(24)13-5-2-6-14(21)11-13/h2-3,5-6,8-9,11,15H,4,7,10,12H2,1H3. The molecule has 0 spiro atoms. The number of para-hydroxylation sites is 1. The lowest BCUT2D eigenvalue weighted by Gasteiger charge is -2.23. The van der Waals surface area contributed by atoms with E-state index < -0.39 is 0 Å². The fraction of sp³-hybridized carbons (Fsp3) is 0.300. The van der Waals surface area contributed by atoms with Gasteiger partial charge in [-0.3, -0.25) is 9.69 Å². The van der Waals surface area contributed by atoms with Crippen LogP contribution >= 0.6 is 39.0 Å². The van der Waals surface area contributed by atoms with Gasteiger partial charge in [0.1, 0.15) is 0 Å². The van der Waals surface area contributed by atoms with Crippen molar-refractivity contribution in [2.75, 3.05) is 24.3 Å². The Labute approximate surface area is 175 Å². The van der Waals surface area contributed by atoms with E-state index in [-0.39, 0.29) is 12.0 Å². The van der Waals surface area contributed by atoms with Crippen LogP contribution < -0.4 is 4.90 Å². The first-order valence-corrected chi connectivity index (χ1v) is 11.6. The Balaban J connectivity index is 1.74. The monoisotopic (exact) mass is 462 g/mol. The van der Waals surface area contributed by atoms with E-state index in [4.69, 9.17) is 9.72 Å². The zero-order chi connectivity index (χ0) is 18.8. The van der Waals surface area contributed by atoms with Crippen molar-refractivity contribution >= 4 is 60.3 Å². The summed E-state index contributed by atoms with van der Waals surface area (Å²) in [5, 5.41) is 0.729. The van der Waals surface area contributed by atoms with Gasteiger partial charge in [0.25, 0.3) is 5.91 Å². The molecule has 4 rings (SSSR count). The van der Waals surface area contributed by atoms with Gasteiger partial charge >= 0.3 is 0 Å². The van der Waals surface area contributed by atoms with E-state index in [0.29, 0.717) is 12.1 Å². The number of aromatic nitrogens is 1. The molecule has 1 fully saturated rings. The maximum absolute atomic E-state index is 13.3. The highest BCUT2D eigenvalue weighted by Gasteiger charge is 2.27. The molecule has 1 aromatic heterocycles. The van der Waals surface area contributed by atoms with Crippen LogP contribution in [-0.2, 0) is 4.74 Å². The Morgan fingerprint density at radius 3 is 2.96 bits per heavy atom. The van der Waals surface area contributed by atoms with Crippen LogP contribution in [-0.4, -0.2) is 36.4 Å². The molecule has 0 bridgehead atoms. The van der Waals surface area contributed by atoms with Gasteiger partial charge in [-0.15, -0.1) is 11.8 Å². The maximum Gasteiger partial charge on any atom is 0.260 e. The highest BCUT2D eigenvalue weighted by atomic mass is 79.9. The van der Waals surface area contributed by atoms with Gasteiger partial charge in [0, 0.05) is 21.5 Å². The molecule has 7 heteroatoms. The van der Waals surface area contributed by atoms with Crippen LogP contribution in [0.3, 0.4) is 0 Å². The summed E-state index contributed by atoms with van der Waals surface area (Å²) in [6, 6.07) is 13.7. The zero-order valence-electron chi connectivity index (χ0n) is 14.9. The van der Waals surface area contributed by atoms with Crippen molar-refractivity contribution in [2.45, 2.75) is 23.8 Å². The normalized spacial score (nSPS) is 16.7. The maximum atomic E-state index is 13.3. The van der Waals surface area contributed by atoms with Gasteiger partial charge in [-0.2, -0.15) is 0 Å². The average Bonchev–Trinajstić information content (AvgIpc) is 3.34. The molecule has 1 amide bonds. The number of fused-ring (bicyclic) bond motifs is 1. The number of hydrogen-bond acceptors (Lipinski definition) is 5. The summed E-state index contributed by atoms with van der Waals surface area (Å²) >= 11 is 6.69. The van der Waals surface area contributed by atoms with Gasteiger partial charge in [-0.1, -0.05) is 39.4 Å². The Morgan fingerprint density at radius 1 is 1.37 bits per heavy atom. The zero-order valence-corrected chi connectivity index (χ0v) is 18.1. The first-order valence-electron chi connectivity index (χ1n) is 8.78. The topological polar surface area (TPSA) is 42.4 Å². The van der Waals surface area contributed by atoms with Gasteiger partial charge in [0.15, 0.2) is 5.13 Å². The molecular weight excluding hydrogens is 444 g/mol. The first kappa shape index (κ1) is 18.9. The van der Waals surface area contributed by atoms with Gasteiger partial charge < -0.3 is 4.74 Å². The molecule has 1 unspecified atom stereocenters. The minimum absolute atomic E-state index is 0.0449. The number of halogens is 1. The summed E-state index contributed by atoms with van der Waals surface area (Å²) in [7, 11) is 0. The fourth-order valence-corrected chi connectivity index (χ4v) is 5.24. The number of anilines is 1. The molecule has 140 valence electrons. The average molecular weight is 463 g/mol. The van der Waals surface area contributed by atoms with Crippen LogP contribution in [0.4, 0.5) is 5.13 Å². The van der Waals surface area contributed by atoms with Crippen molar-refractivity contribution in [1.82, 2.24) is 4.98 Å². The molecule has 1 atom stereocenters. The predicted octanol–water partition coefficient (Wildman–Crippen LogP) is 5.61. The smallest absolute Gasteiger partial charge is 0.260 e. The molecule has 3 aromatic rings. The van der Waals surface area contributed by atoms with Crippen molar-refractivity contribution in [3.05, 3.63) is 52.5 Å². The molecule has 0 N–H and O–H groups in total. The summed E-state index contributed by atoms with van der Waals surface area (Å²) < 4.78 is 7.79. The van der Waals surface area contributed by atoms with Crippen LogP contribution in [0, 0.1) is 0 Å². The molecule has 1 saturated heterocycles. The summed E-state index contributed by atoms with van der Waals surface area (Å²) in [6.07, 6.45) is 4.13. The second-order valence-corrected chi connectivity index (χ2v) is 9.14. The molecule has 0 aliphatic carbocycles. The lowest BCUT2D eigenvalue weighted by Crippen LogP contribution is -2.37. The van der Waals surface area contributed by atoms with Gasteiger partial charge in [-0.25, -0.2) is 4.98 Å². The van der Waals surface area contributed by atoms with Crippen molar-refractivity contribution < 1.29 is 9.53 Å². The van der Waals surface area contributed by atoms with E-state index in [1.165, 1.54) is 0 Å². The Kier molecular flexibility index (Phi) is 5.82. The van der Waals surface area contributed by atoms with Crippen LogP contribution in [0.15, 0.2) is 51.8 Å². The van der Waals surface area contributed by atoms with E-state index in [9.17, 15) is 4.79 Å². The minimum atomic E-state index is -0.0449. The van der Waals surface area contributed by atoms with E-state index in [1.807, 2.05) is 36.6 Å². The van der Waals surface area contributed by atoms with E-state index in [2.05, 4.69) is 28.1 Å². The third-order valence-corrected chi connectivity index (χ3v) is 6.85. The predicted molar refractivity (Wildman–Crippen MR) is 116 cm³/mol. The Bertz CT molecular complexity index is 970. The van der Waals surface area contributed by atoms with Gasteiger partial charge in [0.2, 0.25) is 0 Å². The van der Waals surface area contributed by atoms with Crippen molar-refractivity contribution in [1.29, 1.82) is 0 Å². The summed E-state index contributed by atoms with van der Waals surface area (Å²) in [5.41, 5.74) is 1.61. The molecule has 2 heterocycles. The Hall–Kier alpha value is -1.41. The second-order valence-electron chi connectivity index (χ2n) is 6.36. The fourth-order valence-electron chi connectivity index (χ4n) is 3.21. The number of hydrogen-bond donors (Lipinski definition) is 0. The van der Waals surface area contributed by atoms with Crippen molar-refractivity contribution in [2.24, 2.45) is 0 Å². The third-order valence-electron chi connectivity index (χ3n) is 4.55. The highest BCUT2D eigenvalue weighted by Crippen LogP contribution is 2.35. The highest BCUT2D eigenvalue weighted by molar-refractivity contribution is 9.10. The molecule has 1 aliphatic rings. The number of ether oxygens (including phenoxy) is 1. The third kappa shape index (κ3) is 4.06. The van der Waals surface area contributed by atoms with Gasteiger partial charge in [0.05, 0.1) is 22.9 Å². The molecule has 2 aromatic carbocycles. The Morgan fingerprint density at radius 2 is 2.22 bits per heavy atom. The van der Waals surface area contributed by atoms with Crippen LogP contribution in [0.2, 0.25) is 0 Å². The van der Waals surface area contributed by atoms with Crippen molar-refractivity contribution in [3.8, 4) is 0 Å². The van der Waals surface area contributed by atoms with Crippen LogP contribution in [0.5, 0.6) is 0 Å². The minimum Gasteiger partial charge on any atom is -0.376 e. The van der Waals surface area contributed by atoms with Crippen LogP contribution in [0.1, 0.15) is 23.2 Å². The quantitative estimate of drug-likeness (QED) is 0.462. The molecule has 27 heavy (non-hydrogen) atoms. The lowest BCUT2D eigenvalue weighted by molar-refractivity contribution is 0.0917. The van der Waals surface area contributed by atoms with E-state index in [0.717, 1.165) is 44.2 Å². The number of rotatable bonds is 5. The number of carbonyl (C=O) groups is 1. The molecule has 0 radical (unpaired) electrons. The van der Waals surface area contributed by atoms with Crippen LogP contribution in [0.25, 0.3) is 10.2 Å². The number of thioether (sulfide) groups is 1. The first-order chi connectivity index (χ1) is 13.2. The van der Waals surface area contributed by atoms with E-state index >= 15 is 0 Å². The lowest BCUT2D eigenvalue weighted by atomic mass is 10.2. The molecule has 0 saturated carbocycles. The number of thiazole rings is 1. The number of nitrogens with zero attached hydrogens (tertiary/aromatic N) is 2. The SMILES string of the molecule is CSc1cccc2sc(N(CC3CCCO3)C(=O)c3cccc(Br)c3)nc12. The van der Waals surface area contributed by atoms with E-state index in [1.54, 1.807) is 28.0 Å². The van der Waals surface area contributed by atoms with Crippen molar-refractivity contribution in [3.63, 3.8) is 0 Å². The number of amides is 1. The molecular formula is C20H19BrN2O2S2. The van der Waals surface area contributed by atoms with Gasteiger partial charge in [-0.05, 0) is 49.4 Å². The molecule has 4 nitrogen and oxygen atoms in total. The molecule has 1 aliphatic heterocycles. The summed E-state index contributed by atoms with van der Waals surface area (Å²) in [6.45, 7) is 1.29. The number of benzene rings is 2. The largest absolute Gasteiger partial charge is 0.376 e.